The van der Waals surface area contributed by atoms with Gasteiger partial charge in [0.2, 0.25) is 0 Å². The lowest BCUT2D eigenvalue weighted by atomic mass is 10.1. The molecule has 0 bridgehead atoms. The third-order valence-corrected chi connectivity index (χ3v) is 5.77. The Morgan fingerprint density at radius 3 is 2.05 bits per heavy atom. The second-order valence-corrected chi connectivity index (χ2v) is 8.79. The van der Waals surface area contributed by atoms with Crippen LogP contribution in [0.2, 0.25) is 0 Å². The summed E-state index contributed by atoms with van der Waals surface area (Å²) < 4.78 is 5.40. The predicted molar refractivity (Wildman–Crippen MR) is 153 cm³/mol. The van der Waals surface area contributed by atoms with Gasteiger partial charge in [-0.25, -0.2) is 10.2 Å². The van der Waals surface area contributed by atoms with Crippen LogP contribution >= 0.6 is 0 Å². The molecule has 0 aliphatic carbocycles. The molecular formula is C31H26N4O5. The first-order chi connectivity index (χ1) is 19.3. The lowest BCUT2D eigenvalue weighted by Crippen LogP contribution is -2.33. The first-order valence-electron chi connectivity index (χ1n) is 12.3. The lowest BCUT2D eigenvalue weighted by Gasteiger charge is -2.11. The third kappa shape index (κ3) is 7.26. The highest BCUT2D eigenvalue weighted by Crippen LogP contribution is 2.18. The standard InChI is InChI=1S/C31H26N4O5/c1-20-11-15-23(16-12-20)33-28(36)26-9-5-6-10-27(26)34-29(37)30(38)35-32-19-22-13-17-24(18-14-22)40-31(39)25-8-4-3-7-21(25)2/h3-19H,1-2H3,(H,33,36)(H,34,37)(H,35,38). The summed E-state index contributed by atoms with van der Waals surface area (Å²) in [5.74, 6) is -2.57. The Hall–Kier alpha value is -5.57. The summed E-state index contributed by atoms with van der Waals surface area (Å²) >= 11 is 0. The second-order valence-electron chi connectivity index (χ2n) is 8.79. The van der Waals surface area contributed by atoms with E-state index in [0.29, 0.717) is 22.6 Å². The molecule has 3 N–H and O–H groups in total. The van der Waals surface area contributed by atoms with Crippen LogP contribution in [0.4, 0.5) is 11.4 Å². The van der Waals surface area contributed by atoms with Crippen molar-refractivity contribution >= 4 is 41.3 Å². The fraction of sp³-hybridized carbons (Fsp3) is 0.0645. The van der Waals surface area contributed by atoms with Gasteiger partial charge in [0, 0.05) is 5.69 Å². The molecule has 0 saturated carbocycles. The van der Waals surface area contributed by atoms with E-state index in [-0.39, 0.29) is 11.3 Å². The van der Waals surface area contributed by atoms with Crippen molar-refractivity contribution in [3.05, 3.63) is 125 Å². The Balaban J connectivity index is 1.31. The number of rotatable bonds is 7. The van der Waals surface area contributed by atoms with E-state index < -0.39 is 23.7 Å². The SMILES string of the molecule is Cc1ccc(NC(=O)c2ccccc2NC(=O)C(=O)NN=Cc2ccc(OC(=O)c3ccccc3C)cc2)cc1. The molecule has 0 aliphatic rings. The van der Waals surface area contributed by atoms with Crippen LogP contribution in [0, 0.1) is 13.8 Å². The Morgan fingerprint density at radius 2 is 1.35 bits per heavy atom. The molecule has 4 aromatic carbocycles. The molecule has 0 unspecified atom stereocenters. The number of aryl methyl sites for hydroxylation is 2. The molecule has 0 atom stereocenters. The van der Waals surface area contributed by atoms with Gasteiger partial charge in [-0.2, -0.15) is 5.10 Å². The fourth-order valence-corrected chi connectivity index (χ4v) is 3.61. The minimum atomic E-state index is -1.02. The summed E-state index contributed by atoms with van der Waals surface area (Å²) in [6, 6.07) is 27.2. The van der Waals surface area contributed by atoms with Crippen LogP contribution in [-0.2, 0) is 9.59 Å². The predicted octanol–water partition coefficient (Wildman–Crippen LogP) is 4.86. The number of anilines is 2. The summed E-state index contributed by atoms with van der Waals surface area (Å²) in [6.45, 7) is 3.76. The Bertz CT molecular complexity index is 1580. The van der Waals surface area contributed by atoms with E-state index in [9.17, 15) is 19.2 Å². The van der Waals surface area contributed by atoms with Crippen LogP contribution in [0.3, 0.4) is 0 Å². The van der Waals surface area contributed by atoms with Crippen LogP contribution in [-0.4, -0.2) is 29.9 Å². The maximum absolute atomic E-state index is 12.8. The van der Waals surface area contributed by atoms with Crippen LogP contribution < -0.4 is 20.8 Å². The monoisotopic (exact) mass is 534 g/mol. The molecule has 3 amide bonds. The zero-order chi connectivity index (χ0) is 28.5. The molecule has 0 spiro atoms. The van der Waals surface area contributed by atoms with Gasteiger partial charge in [-0.05, 0) is 79.6 Å². The number of benzene rings is 4. The van der Waals surface area contributed by atoms with Crippen LogP contribution in [0.25, 0.3) is 0 Å². The highest BCUT2D eigenvalue weighted by molar-refractivity contribution is 6.40. The van der Waals surface area contributed by atoms with Crippen LogP contribution in [0.1, 0.15) is 37.4 Å². The smallest absolute Gasteiger partial charge is 0.343 e. The molecule has 0 radical (unpaired) electrons. The lowest BCUT2D eigenvalue weighted by molar-refractivity contribution is -0.136. The number of ether oxygens (including phenoxy) is 1. The van der Waals surface area contributed by atoms with E-state index in [0.717, 1.165) is 11.1 Å². The van der Waals surface area contributed by atoms with Gasteiger partial charge in [0.25, 0.3) is 5.91 Å². The van der Waals surface area contributed by atoms with Crippen molar-refractivity contribution in [2.24, 2.45) is 5.10 Å². The van der Waals surface area contributed by atoms with Crippen molar-refractivity contribution in [1.29, 1.82) is 0 Å². The number of nitrogens with one attached hydrogen (secondary N) is 3. The topological polar surface area (TPSA) is 126 Å². The van der Waals surface area contributed by atoms with Crippen molar-refractivity contribution in [2.75, 3.05) is 10.6 Å². The molecule has 9 heteroatoms. The fourth-order valence-electron chi connectivity index (χ4n) is 3.61. The van der Waals surface area contributed by atoms with Gasteiger partial charge in [0.1, 0.15) is 5.75 Å². The molecule has 40 heavy (non-hydrogen) atoms. The number of esters is 1. The first-order valence-corrected chi connectivity index (χ1v) is 12.3. The summed E-state index contributed by atoms with van der Waals surface area (Å²) in [4.78, 5) is 49.8. The molecule has 4 rings (SSSR count). The second kappa shape index (κ2) is 12.8. The maximum atomic E-state index is 12.8. The number of carbonyl (C=O) groups excluding carboxylic acids is 4. The third-order valence-electron chi connectivity index (χ3n) is 5.77. The maximum Gasteiger partial charge on any atom is 0.343 e. The van der Waals surface area contributed by atoms with Gasteiger partial charge in [-0.3, -0.25) is 14.4 Å². The summed E-state index contributed by atoms with van der Waals surface area (Å²) in [6.07, 6.45) is 1.33. The highest BCUT2D eigenvalue weighted by Gasteiger charge is 2.18. The van der Waals surface area contributed by atoms with Crippen LogP contribution in [0.15, 0.2) is 102 Å². The van der Waals surface area contributed by atoms with E-state index in [1.54, 1.807) is 60.7 Å². The molecule has 4 aromatic rings. The van der Waals surface area contributed by atoms with E-state index in [2.05, 4.69) is 21.2 Å². The summed E-state index contributed by atoms with van der Waals surface area (Å²) in [5, 5.41) is 9.01. The highest BCUT2D eigenvalue weighted by atomic mass is 16.5. The van der Waals surface area contributed by atoms with Gasteiger partial charge in [-0.15, -0.1) is 0 Å². The number of hydrazone groups is 1. The average molecular weight is 535 g/mol. The largest absolute Gasteiger partial charge is 0.423 e. The Kier molecular flexibility index (Phi) is 8.78. The number of para-hydroxylation sites is 1. The number of nitrogens with zero attached hydrogens (tertiary/aromatic N) is 1. The number of hydrogen-bond donors (Lipinski definition) is 3. The Morgan fingerprint density at radius 1 is 0.700 bits per heavy atom. The summed E-state index contributed by atoms with van der Waals surface area (Å²) in [5.41, 5.74) is 6.04. The molecule has 0 aromatic heterocycles. The van der Waals surface area contributed by atoms with Crippen molar-refractivity contribution < 1.29 is 23.9 Å². The van der Waals surface area contributed by atoms with Gasteiger partial charge >= 0.3 is 17.8 Å². The van der Waals surface area contributed by atoms with Crippen molar-refractivity contribution in [2.45, 2.75) is 13.8 Å². The molecule has 9 nitrogen and oxygen atoms in total. The molecular weight excluding hydrogens is 508 g/mol. The molecule has 0 fully saturated rings. The molecule has 0 heterocycles. The first kappa shape index (κ1) is 27.5. The summed E-state index contributed by atoms with van der Waals surface area (Å²) in [7, 11) is 0. The van der Waals surface area contributed by atoms with Crippen molar-refractivity contribution in [1.82, 2.24) is 5.43 Å². The van der Waals surface area contributed by atoms with E-state index in [4.69, 9.17) is 4.74 Å². The minimum absolute atomic E-state index is 0.173. The zero-order valence-electron chi connectivity index (χ0n) is 21.8. The van der Waals surface area contributed by atoms with E-state index in [1.807, 2.05) is 38.1 Å². The normalized spacial score (nSPS) is 10.6. The van der Waals surface area contributed by atoms with Gasteiger partial charge < -0.3 is 15.4 Å². The molecule has 0 saturated heterocycles. The number of carbonyl (C=O) groups is 4. The van der Waals surface area contributed by atoms with E-state index in [1.165, 1.54) is 18.3 Å². The molecule has 200 valence electrons. The Labute approximate surface area is 230 Å². The van der Waals surface area contributed by atoms with Crippen LogP contribution in [0.5, 0.6) is 5.75 Å². The van der Waals surface area contributed by atoms with E-state index >= 15 is 0 Å². The minimum Gasteiger partial charge on any atom is -0.423 e. The van der Waals surface area contributed by atoms with Gasteiger partial charge in [0.05, 0.1) is 23.0 Å². The molecule has 0 aliphatic heterocycles. The number of amides is 3. The quantitative estimate of drug-likeness (QED) is 0.103. The van der Waals surface area contributed by atoms with Crippen molar-refractivity contribution in [3.63, 3.8) is 0 Å². The van der Waals surface area contributed by atoms with Crippen molar-refractivity contribution in [3.8, 4) is 5.75 Å². The average Bonchev–Trinajstić information content (AvgIpc) is 2.95. The van der Waals surface area contributed by atoms with Gasteiger partial charge in [-0.1, -0.05) is 48.0 Å². The number of hydrogen-bond acceptors (Lipinski definition) is 6. The zero-order valence-corrected chi connectivity index (χ0v) is 21.8. The van der Waals surface area contributed by atoms with Gasteiger partial charge in [0.15, 0.2) is 0 Å².